The number of carbonyl (C=O) groups excluding carboxylic acids is 1. The predicted octanol–water partition coefficient (Wildman–Crippen LogP) is 5.43. The molecule has 0 radical (unpaired) electrons. The summed E-state index contributed by atoms with van der Waals surface area (Å²) in [5, 5.41) is 6.06. The van der Waals surface area contributed by atoms with Gasteiger partial charge in [0.05, 0.1) is 30.9 Å². The molecule has 1 aromatic heterocycles. The summed E-state index contributed by atoms with van der Waals surface area (Å²) in [4.78, 5) is 22.0. The summed E-state index contributed by atoms with van der Waals surface area (Å²) in [7, 11) is -0.123. The maximum atomic E-state index is 12.7. The Labute approximate surface area is 229 Å². The van der Waals surface area contributed by atoms with Crippen LogP contribution in [0.3, 0.4) is 0 Å². The van der Waals surface area contributed by atoms with Gasteiger partial charge in [0.25, 0.3) is 0 Å². The molecule has 2 N–H and O–H groups in total. The van der Waals surface area contributed by atoms with E-state index in [1.165, 1.54) is 0 Å². The smallest absolute Gasteiger partial charge is 0.230 e. The van der Waals surface area contributed by atoms with Gasteiger partial charge in [-0.15, -0.1) is 0 Å². The van der Waals surface area contributed by atoms with Gasteiger partial charge in [-0.3, -0.25) is 4.79 Å². The number of benzene rings is 3. The molecular weight excluding hydrogens is 518 g/mol. The number of hydrogen-bond donors (Lipinski definition) is 3. The van der Waals surface area contributed by atoms with Crippen LogP contribution < -0.4 is 24.4 Å². The molecule has 1 atom stereocenters. The van der Waals surface area contributed by atoms with E-state index in [2.05, 4.69) is 15.6 Å². The van der Waals surface area contributed by atoms with E-state index in [1.807, 2.05) is 19.9 Å². The molecule has 0 aliphatic heterocycles. The zero-order valence-corrected chi connectivity index (χ0v) is 23.1. The lowest BCUT2D eigenvalue weighted by molar-refractivity contribution is -0.119. The van der Waals surface area contributed by atoms with E-state index < -0.39 is 10.9 Å². The molecule has 10 nitrogen and oxygen atoms in total. The second-order valence-corrected chi connectivity index (χ2v) is 9.77. The van der Waals surface area contributed by atoms with Gasteiger partial charge in [0.1, 0.15) is 11.5 Å². The highest BCUT2D eigenvalue weighted by molar-refractivity contribution is 7.74. The van der Waals surface area contributed by atoms with Crippen LogP contribution in [0.4, 0.5) is 28.7 Å². The maximum Gasteiger partial charge on any atom is 0.230 e. The van der Waals surface area contributed by atoms with Crippen molar-refractivity contribution in [2.24, 2.45) is 5.92 Å². The van der Waals surface area contributed by atoms with Crippen molar-refractivity contribution in [2.45, 2.75) is 26.7 Å². The molecule has 0 saturated carbocycles. The first-order valence-corrected chi connectivity index (χ1v) is 13.6. The number of carbonyl (C=O) groups is 1. The van der Waals surface area contributed by atoms with E-state index in [0.717, 1.165) is 17.1 Å². The van der Waals surface area contributed by atoms with Crippen LogP contribution in [0.5, 0.6) is 11.5 Å². The summed E-state index contributed by atoms with van der Waals surface area (Å²) < 4.78 is 37.2. The van der Waals surface area contributed by atoms with Crippen molar-refractivity contribution >= 4 is 56.5 Å². The van der Waals surface area contributed by atoms with Crippen LogP contribution in [-0.2, 0) is 15.7 Å². The number of hydrogen-bond acceptors (Lipinski definition) is 8. The lowest BCUT2D eigenvalue weighted by atomic mass is 10.1. The molecule has 1 unspecified atom stereocenters. The molecule has 3 aromatic carbocycles. The number of fused-ring (bicyclic) bond motifs is 1. The van der Waals surface area contributed by atoms with Crippen LogP contribution in [0.15, 0.2) is 66.7 Å². The molecule has 0 saturated heterocycles. The Morgan fingerprint density at radius 1 is 0.923 bits per heavy atom. The van der Waals surface area contributed by atoms with Crippen LogP contribution in [0.2, 0.25) is 0 Å². The summed E-state index contributed by atoms with van der Waals surface area (Å²) >= 11 is 0. The SMILES string of the molecule is CCCC(C)C(=O)Nc1cccc(N(c2nc3ccccc3nc2Nc2cc(OC)cc(OC)c2)[SH](=O)=O)c1. The lowest BCUT2D eigenvalue weighted by Gasteiger charge is -2.21. The number of nitrogens with one attached hydrogen (secondary N) is 2. The van der Waals surface area contributed by atoms with E-state index in [9.17, 15) is 13.2 Å². The molecule has 1 amide bonds. The van der Waals surface area contributed by atoms with Gasteiger partial charge in [-0.05, 0) is 36.8 Å². The normalized spacial score (nSPS) is 11.7. The van der Waals surface area contributed by atoms with Crippen molar-refractivity contribution in [3.05, 3.63) is 66.7 Å². The quantitative estimate of drug-likeness (QED) is 0.212. The molecule has 39 heavy (non-hydrogen) atoms. The fourth-order valence-corrected chi connectivity index (χ4v) is 4.68. The summed E-state index contributed by atoms with van der Waals surface area (Å²) in [5.41, 5.74) is 2.42. The van der Waals surface area contributed by atoms with Gasteiger partial charge >= 0.3 is 0 Å². The topological polar surface area (TPSA) is 123 Å². The summed E-state index contributed by atoms with van der Waals surface area (Å²) in [6, 6.07) is 19.0. The monoisotopic (exact) mass is 549 g/mol. The van der Waals surface area contributed by atoms with Crippen molar-refractivity contribution < 1.29 is 22.7 Å². The van der Waals surface area contributed by atoms with Crippen molar-refractivity contribution in [3.8, 4) is 11.5 Å². The van der Waals surface area contributed by atoms with Crippen LogP contribution in [0, 0.1) is 5.92 Å². The first kappa shape index (κ1) is 27.6. The van der Waals surface area contributed by atoms with Crippen molar-refractivity contribution in [3.63, 3.8) is 0 Å². The second-order valence-electron chi connectivity index (χ2n) is 8.89. The standard InChI is InChI=1S/C28H31N5O5S/c1-5-9-18(2)28(34)30-19-10-8-11-21(14-19)33(39(35)36)27-26(31-24-12-6-7-13-25(24)32-27)29-20-15-22(37-3)17-23(16-20)38-4/h6-8,10-18,39H,5,9H2,1-4H3,(H,29,31)(H,30,34). The minimum absolute atomic E-state index is 0.0643. The molecular formula is C28H31N5O5S. The Hall–Kier alpha value is -4.38. The number of nitrogens with zero attached hydrogens (tertiary/aromatic N) is 3. The fraction of sp³-hybridized carbons (Fsp3) is 0.250. The van der Waals surface area contributed by atoms with Crippen molar-refractivity contribution in [1.29, 1.82) is 0 Å². The van der Waals surface area contributed by atoms with Gasteiger partial charge in [-0.2, -0.15) is 0 Å². The minimum Gasteiger partial charge on any atom is -0.497 e. The zero-order valence-electron chi connectivity index (χ0n) is 22.2. The summed E-state index contributed by atoms with van der Waals surface area (Å²) in [6.07, 6.45) is 1.63. The molecule has 4 aromatic rings. The fourth-order valence-electron chi connectivity index (χ4n) is 4.08. The highest BCUT2D eigenvalue weighted by atomic mass is 32.2. The molecule has 1 heterocycles. The number of methoxy groups -OCH3 is 2. The number of para-hydroxylation sites is 2. The first-order chi connectivity index (χ1) is 18.8. The van der Waals surface area contributed by atoms with Crippen LogP contribution in [-0.4, -0.2) is 38.5 Å². The summed E-state index contributed by atoms with van der Waals surface area (Å²) in [5.74, 6) is 1.04. The van der Waals surface area contributed by atoms with Gasteiger partial charge in [-0.1, -0.05) is 38.5 Å². The zero-order chi connectivity index (χ0) is 27.9. The molecule has 0 spiro atoms. The van der Waals surface area contributed by atoms with Gasteiger partial charge in [0, 0.05) is 35.5 Å². The van der Waals surface area contributed by atoms with Crippen LogP contribution in [0.25, 0.3) is 11.0 Å². The molecule has 0 bridgehead atoms. The van der Waals surface area contributed by atoms with Crippen molar-refractivity contribution in [2.75, 3.05) is 29.2 Å². The largest absolute Gasteiger partial charge is 0.497 e. The Morgan fingerprint density at radius 2 is 1.59 bits per heavy atom. The van der Waals surface area contributed by atoms with E-state index in [0.29, 0.717) is 39.6 Å². The summed E-state index contributed by atoms with van der Waals surface area (Å²) in [6.45, 7) is 3.88. The predicted molar refractivity (Wildman–Crippen MR) is 154 cm³/mol. The Kier molecular flexibility index (Phi) is 8.82. The molecule has 4 rings (SSSR count). The number of ether oxygens (including phenoxy) is 2. The minimum atomic E-state index is -3.20. The van der Waals surface area contributed by atoms with Crippen LogP contribution >= 0.6 is 0 Å². The number of rotatable bonds is 11. The van der Waals surface area contributed by atoms with E-state index in [1.54, 1.807) is 74.9 Å². The Balaban J connectivity index is 1.80. The Morgan fingerprint density at radius 3 is 2.21 bits per heavy atom. The van der Waals surface area contributed by atoms with E-state index in [-0.39, 0.29) is 23.5 Å². The third-order valence-corrected chi connectivity index (χ3v) is 6.80. The molecule has 0 aliphatic carbocycles. The van der Waals surface area contributed by atoms with E-state index >= 15 is 0 Å². The van der Waals surface area contributed by atoms with Crippen LogP contribution in [0.1, 0.15) is 26.7 Å². The molecule has 0 aliphatic rings. The van der Waals surface area contributed by atoms with Gasteiger partial charge in [-0.25, -0.2) is 22.7 Å². The third-order valence-electron chi connectivity index (χ3n) is 6.06. The van der Waals surface area contributed by atoms with Gasteiger partial charge in [0.2, 0.25) is 16.8 Å². The van der Waals surface area contributed by atoms with Crippen molar-refractivity contribution in [1.82, 2.24) is 9.97 Å². The average Bonchev–Trinajstić information content (AvgIpc) is 2.93. The number of thiol groups is 1. The molecule has 11 heteroatoms. The van der Waals surface area contributed by atoms with E-state index in [4.69, 9.17) is 14.5 Å². The third kappa shape index (κ3) is 6.55. The number of aromatic nitrogens is 2. The maximum absolute atomic E-state index is 12.7. The number of anilines is 5. The average molecular weight is 550 g/mol. The highest BCUT2D eigenvalue weighted by Crippen LogP contribution is 2.35. The highest BCUT2D eigenvalue weighted by Gasteiger charge is 2.22. The first-order valence-electron chi connectivity index (χ1n) is 12.4. The molecule has 0 fully saturated rings. The lowest BCUT2D eigenvalue weighted by Crippen LogP contribution is -2.21. The van der Waals surface area contributed by atoms with Gasteiger partial charge < -0.3 is 20.1 Å². The van der Waals surface area contributed by atoms with Gasteiger partial charge in [0.15, 0.2) is 11.6 Å². The Bertz CT molecular complexity index is 1530. The molecule has 204 valence electrons. The number of amides is 1. The second kappa shape index (κ2) is 12.4.